The number of amides is 1. The second-order valence-electron chi connectivity index (χ2n) is 7.14. The molecule has 7 nitrogen and oxygen atoms in total. The highest BCUT2D eigenvalue weighted by Gasteiger charge is 2.20. The van der Waals surface area contributed by atoms with Crippen molar-refractivity contribution in [2.75, 3.05) is 25.0 Å². The summed E-state index contributed by atoms with van der Waals surface area (Å²) in [6, 6.07) is 20.2. The van der Waals surface area contributed by atoms with E-state index in [1.807, 2.05) is 29.6 Å². The SMILES string of the molecule is COCOc1cc(Br)ccc1-c1cc(-c2cccc(N)c2)c(C#N)c(NC(=O)c2cccs2)n1. The second kappa shape index (κ2) is 10.5. The Hall–Kier alpha value is -3.71. The number of aromatic nitrogens is 1. The number of hydrogen-bond donors (Lipinski definition) is 2. The Morgan fingerprint density at radius 3 is 2.74 bits per heavy atom. The van der Waals surface area contributed by atoms with E-state index in [0.29, 0.717) is 33.1 Å². The fourth-order valence-corrected chi connectivity index (χ4v) is 4.31. The van der Waals surface area contributed by atoms with E-state index in [1.165, 1.54) is 18.4 Å². The van der Waals surface area contributed by atoms with Crippen molar-refractivity contribution in [3.05, 3.63) is 81.0 Å². The number of carbonyl (C=O) groups is 1. The molecule has 1 amide bonds. The number of anilines is 2. The quantitative estimate of drug-likeness (QED) is 0.224. The van der Waals surface area contributed by atoms with E-state index in [0.717, 1.165) is 10.0 Å². The first-order valence-corrected chi connectivity index (χ1v) is 11.7. The van der Waals surface area contributed by atoms with Crippen LogP contribution in [0.5, 0.6) is 5.75 Å². The standard InChI is InChI=1S/C25H19BrN4O3S/c1-32-14-33-22-11-16(26)7-8-18(22)21-12-19(15-4-2-5-17(28)10-15)20(13-27)24(29-21)30-25(31)23-6-3-9-34-23/h2-12H,14,28H2,1H3,(H,29,30,31). The van der Waals surface area contributed by atoms with Crippen LogP contribution in [0.2, 0.25) is 0 Å². The van der Waals surface area contributed by atoms with Gasteiger partial charge in [0.25, 0.3) is 5.91 Å². The predicted molar refractivity (Wildman–Crippen MR) is 137 cm³/mol. The third-order valence-corrected chi connectivity index (χ3v) is 6.22. The fraction of sp³-hybridized carbons (Fsp3) is 0.0800. The summed E-state index contributed by atoms with van der Waals surface area (Å²) in [6.07, 6.45) is 0. The van der Waals surface area contributed by atoms with Gasteiger partial charge in [0, 0.05) is 28.4 Å². The van der Waals surface area contributed by atoms with Crippen LogP contribution in [0.1, 0.15) is 15.2 Å². The van der Waals surface area contributed by atoms with Crippen LogP contribution in [0.15, 0.2) is 70.5 Å². The number of nitrogen functional groups attached to an aromatic ring is 1. The van der Waals surface area contributed by atoms with Crippen LogP contribution in [0.4, 0.5) is 11.5 Å². The Balaban J connectivity index is 1.92. The van der Waals surface area contributed by atoms with E-state index in [1.54, 1.807) is 36.4 Å². The molecule has 0 aliphatic carbocycles. The second-order valence-corrected chi connectivity index (χ2v) is 9.00. The van der Waals surface area contributed by atoms with E-state index >= 15 is 0 Å². The molecule has 2 aromatic heterocycles. The first-order valence-electron chi connectivity index (χ1n) is 10.1. The summed E-state index contributed by atoms with van der Waals surface area (Å²) in [4.78, 5) is 18.0. The van der Waals surface area contributed by atoms with Crippen LogP contribution in [-0.4, -0.2) is 24.8 Å². The lowest BCUT2D eigenvalue weighted by molar-refractivity contribution is 0.0515. The zero-order chi connectivity index (χ0) is 24.1. The number of carbonyl (C=O) groups excluding carboxylic acids is 1. The minimum atomic E-state index is -0.346. The number of halogens is 1. The molecular weight excluding hydrogens is 516 g/mol. The Labute approximate surface area is 208 Å². The molecule has 0 unspecified atom stereocenters. The normalized spacial score (nSPS) is 10.5. The number of hydrogen-bond acceptors (Lipinski definition) is 7. The Morgan fingerprint density at radius 2 is 2.03 bits per heavy atom. The van der Waals surface area contributed by atoms with Gasteiger partial charge in [-0.2, -0.15) is 5.26 Å². The van der Waals surface area contributed by atoms with Gasteiger partial charge in [0.1, 0.15) is 17.4 Å². The molecule has 0 aliphatic heterocycles. The van der Waals surface area contributed by atoms with Gasteiger partial charge >= 0.3 is 0 Å². The molecular formula is C25H19BrN4O3S. The summed E-state index contributed by atoms with van der Waals surface area (Å²) < 4.78 is 11.6. The number of nitrogens with two attached hydrogens (primary N) is 1. The minimum Gasteiger partial charge on any atom is -0.467 e. The van der Waals surface area contributed by atoms with Gasteiger partial charge < -0.3 is 20.5 Å². The molecule has 0 aliphatic rings. The Morgan fingerprint density at radius 1 is 1.18 bits per heavy atom. The average molecular weight is 535 g/mol. The lowest BCUT2D eigenvalue weighted by Crippen LogP contribution is -2.14. The van der Waals surface area contributed by atoms with Crippen molar-refractivity contribution >= 4 is 44.7 Å². The van der Waals surface area contributed by atoms with Gasteiger partial charge in [-0.25, -0.2) is 4.98 Å². The third kappa shape index (κ3) is 5.10. The van der Waals surface area contributed by atoms with Gasteiger partial charge in [0.15, 0.2) is 12.6 Å². The smallest absolute Gasteiger partial charge is 0.266 e. The maximum Gasteiger partial charge on any atom is 0.266 e. The molecule has 4 aromatic rings. The minimum absolute atomic E-state index is 0.0454. The van der Waals surface area contributed by atoms with Crippen molar-refractivity contribution in [2.24, 2.45) is 0 Å². The van der Waals surface area contributed by atoms with Gasteiger partial charge in [0.2, 0.25) is 0 Å². The van der Waals surface area contributed by atoms with Gasteiger partial charge in [-0.05, 0) is 53.4 Å². The van der Waals surface area contributed by atoms with Crippen LogP contribution < -0.4 is 15.8 Å². The lowest BCUT2D eigenvalue weighted by Gasteiger charge is -2.16. The zero-order valence-electron chi connectivity index (χ0n) is 18.0. The van der Waals surface area contributed by atoms with Crippen molar-refractivity contribution in [2.45, 2.75) is 0 Å². The third-order valence-electron chi connectivity index (χ3n) is 4.86. The van der Waals surface area contributed by atoms with Crippen molar-refractivity contribution in [3.63, 3.8) is 0 Å². The van der Waals surface area contributed by atoms with Gasteiger partial charge in [-0.3, -0.25) is 4.79 Å². The average Bonchev–Trinajstić information content (AvgIpc) is 3.37. The van der Waals surface area contributed by atoms with Crippen LogP contribution in [0, 0.1) is 11.3 Å². The molecule has 2 heterocycles. The number of nitrogens with zero attached hydrogens (tertiary/aromatic N) is 2. The highest BCUT2D eigenvalue weighted by molar-refractivity contribution is 9.10. The lowest BCUT2D eigenvalue weighted by atomic mass is 9.97. The summed E-state index contributed by atoms with van der Waals surface area (Å²) in [5.41, 5.74) is 9.28. The monoisotopic (exact) mass is 534 g/mol. The van der Waals surface area contributed by atoms with E-state index in [9.17, 15) is 10.1 Å². The number of ether oxygens (including phenoxy) is 2. The number of nitrogens with one attached hydrogen (secondary N) is 1. The number of pyridine rings is 1. The molecule has 4 rings (SSSR count). The number of nitriles is 1. The molecule has 9 heteroatoms. The molecule has 0 saturated heterocycles. The number of methoxy groups -OCH3 is 1. The summed E-state index contributed by atoms with van der Waals surface area (Å²) in [6.45, 7) is 0.0454. The van der Waals surface area contributed by atoms with Crippen molar-refractivity contribution in [1.29, 1.82) is 5.26 Å². The maximum atomic E-state index is 12.8. The molecule has 3 N–H and O–H groups in total. The summed E-state index contributed by atoms with van der Waals surface area (Å²) >= 11 is 4.76. The molecule has 34 heavy (non-hydrogen) atoms. The topological polar surface area (TPSA) is 110 Å². The largest absolute Gasteiger partial charge is 0.467 e. The molecule has 170 valence electrons. The molecule has 0 bridgehead atoms. The van der Waals surface area contributed by atoms with E-state index in [4.69, 9.17) is 15.2 Å². The van der Waals surface area contributed by atoms with E-state index in [2.05, 4.69) is 32.3 Å². The van der Waals surface area contributed by atoms with E-state index < -0.39 is 0 Å². The Bertz CT molecular complexity index is 1380. The zero-order valence-corrected chi connectivity index (χ0v) is 20.4. The summed E-state index contributed by atoms with van der Waals surface area (Å²) in [5, 5.41) is 14.6. The predicted octanol–water partition coefficient (Wildman–Crippen LogP) is 5.93. The fourth-order valence-electron chi connectivity index (χ4n) is 3.35. The molecule has 0 atom stereocenters. The Kier molecular flexibility index (Phi) is 7.23. The van der Waals surface area contributed by atoms with Gasteiger partial charge in [-0.15, -0.1) is 11.3 Å². The maximum absolute atomic E-state index is 12.8. The van der Waals surface area contributed by atoms with Crippen molar-refractivity contribution < 1.29 is 14.3 Å². The van der Waals surface area contributed by atoms with Gasteiger partial charge in [0.05, 0.1) is 10.6 Å². The highest BCUT2D eigenvalue weighted by atomic mass is 79.9. The first-order chi connectivity index (χ1) is 16.5. The molecule has 0 fully saturated rings. The van der Waals surface area contributed by atoms with Crippen LogP contribution in [-0.2, 0) is 4.74 Å². The van der Waals surface area contributed by atoms with Crippen LogP contribution >= 0.6 is 27.3 Å². The first kappa shape index (κ1) is 23.4. The van der Waals surface area contributed by atoms with Crippen molar-refractivity contribution in [3.8, 4) is 34.2 Å². The van der Waals surface area contributed by atoms with Crippen LogP contribution in [0.25, 0.3) is 22.4 Å². The van der Waals surface area contributed by atoms with Gasteiger partial charge in [-0.1, -0.05) is 34.1 Å². The van der Waals surface area contributed by atoms with E-state index in [-0.39, 0.29) is 24.1 Å². The molecule has 0 spiro atoms. The number of thiophene rings is 1. The number of rotatable bonds is 7. The number of benzene rings is 2. The summed E-state index contributed by atoms with van der Waals surface area (Å²) in [7, 11) is 1.54. The van der Waals surface area contributed by atoms with Crippen LogP contribution in [0.3, 0.4) is 0 Å². The molecule has 0 radical (unpaired) electrons. The van der Waals surface area contributed by atoms with Crippen molar-refractivity contribution in [1.82, 2.24) is 4.98 Å². The molecule has 0 saturated carbocycles. The molecule has 2 aromatic carbocycles. The highest BCUT2D eigenvalue weighted by Crippen LogP contribution is 2.37. The summed E-state index contributed by atoms with van der Waals surface area (Å²) in [5.74, 6) is 0.334.